The highest BCUT2D eigenvalue weighted by molar-refractivity contribution is 5.78. The number of aliphatic carboxylic acids is 1. The minimum absolute atomic E-state index is 0.0781. The van der Waals surface area contributed by atoms with E-state index in [0.29, 0.717) is 12.8 Å². The number of halogens is 1. The Hall–Kier alpha value is -1.42. The summed E-state index contributed by atoms with van der Waals surface area (Å²) >= 11 is 0. The molecule has 0 unspecified atom stereocenters. The summed E-state index contributed by atoms with van der Waals surface area (Å²) in [6, 6.07) is 5.79. The monoisotopic (exact) mass is 252 g/mol. The fourth-order valence-electron chi connectivity index (χ4n) is 2.81. The summed E-state index contributed by atoms with van der Waals surface area (Å²) in [6.07, 6.45) is 3.39. The van der Waals surface area contributed by atoms with Gasteiger partial charge in [0.15, 0.2) is 0 Å². The second-order valence-electron chi connectivity index (χ2n) is 4.96. The van der Waals surface area contributed by atoms with Crippen LogP contribution in [0, 0.1) is 5.82 Å². The molecule has 1 aromatic carbocycles. The third-order valence-electron chi connectivity index (χ3n) is 3.72. The molecule has 0 radical (unpaired) electrons. The summed E-state index contributed by atoms with van der Waals surface area (Å²) in [5.74, 6) is -2.91. The van der Waals surface area contributed by atoms with Gasteiger partial charge in [0.2, 0.25) is 0 Å². The van der Waals surface area contributed by atoms with E-state index < -0.39 is 23.3 Å². The summed E-state index contributed by atoms with van der Waals surface area (Å²) in [5, 5.41) is 19.9. The van der Waals surface area contributed by atoms with Crippen LogP contribution in [0.1, 0.15) is 43.6 Å². The molecule has 0 amide bonds. The molecule has 98 valence electrons. The molecule has 2 N–H and O–H groups in total. The van der Waals surface area contributed by atoms with Crippen LogP contribution in [0.5, 0.6) is 0 Å². The standard InChI is InChI=1S/C14H17FO3/c15-11-7-3-2-6-10(11)12(13(16)17)14(18)8-4-1-5-9-14/h2-3,6-7,12,18H,1,4-5,8-9H2,(H,16,17)/t12-/m1/s1. The first-order chi connectivity index (χ1) is 8.54. The molecule has 2 rings (SSSR count). The number of benzene rings is 1. The third-order valence-corrected chi connectivity index (χ3v) is 3.72. The first-order valence-electron chi connectivity index (χ1n) is 6.24. The predicted molar refractivity (Wildman–Crippen MR) is 64.8 cm³/mol. The van der Waals surface area contributed by atoms with Crippen LogP contribution in [-0.4, -0.2) is 21.8 Å². The lowest BCUT2D eigenvalue weighted by molar-refractivity contribution is -0.148. The third kappa shape index (κ3) is 2.38. The van der Waals surface area contributed by atoms with E-state index in [-0.39, 0.29) is 5.56 Å². The van der Waals surface area contributed by atoms with E-state index in [9.17, 15) is 19.4 Å². The Balaban J connectivity index is 2.40. The summed E-state index contributed by atoms with van der Waals surface area (Å²) in [5.41, 5.74) is -1.25. The molecule has 1 atom stereocenters. The maximum absolute atomic E-state index is 13.8. The SMILES string of the molecule is O=C(O)[C@@H](c1ccccc1F)C1(O)CCCCC1. The van der Waals surface area contributed by atoms with E-state index in [4.69, 9.17) is 0 Å². The topological polar surface area (TPSA) is 57.5 Å². The predicted octanol–water partition coefficient (Wildman–Crippen LogP) is 2.69. The molecule has 4 heteroatoms. The fraction of sp³-hybridized carbons (Fsp3) is 0.500. The smallest absolute Gasteiger partial charge is 0.314 e. The minimum Gasteiger partial charge on any atom is -0.481 e. The van der Waals surface area contributed by atoms with E-state index in [2.05, 4.69) is 0 Å². The summed E-state index contributed by atoms with van der Waals surface area (Å²) < 4.78 is 13.8. The lowest BCUT2D eigenvalue weighted by Gasteiger charge is -2.37. The van der Waals surface area contributed by atoms with Gasteiger partial charge < -0.3 is 10.2 Å². The maximum atomic E-state index is 13.8. The van der Waals surface area contributed by atoms with Gasteiger partial charge in [-0.1, -0.05) is 37.5 Å². The van der Waals surface area contributed by atoms with Gasteiger partial charge >= 0.3 is 5.97 Å². The zero-order valence-electron chi connectivity index (χ0n) is 10.1. The van der Waals surface area contributed by atoms with E-state index >= 15 is 0 Å². The van der Waals surface area contributed by atoms with Crippen LogP contribution >= 0.6 is 0 Å². The quantitative estimate of drug-likeness (QED) is 0.869. The largest absolute Gasteiger partial charge is 0.481 e. The molecule has 3 nitrogen and oxygen atoms in total. The molecular formula is C14H17FO3. The Morgan fingerprint density at radius 1 is 1.22 bits per heavy atom. The van der Waals surface area contributed by atoms with Gasteiger partial charge in [0.1, 0.15) is 11.7 Å². The number of aliphatic hydroxyl groups is 1. The minimum atomic E-state index is -1.33. The second-order valence-corrected chi connectivity index (χ2v) is 4.96. The van der Waals surface area contributed by atoms with Gasteiger partial charge in [-0.15, -0.1) is 0 Å². The van der Waals surface area contributed by atoms with E-state index in [1.165, 1.54) is 18.2 Å². The Bertz CT molecular complexity index is 438. The molecule has 0 bridgehead atoms. The molecule has 0 aromatic heterocycles. The van der Waals surface area contributed by atoms with Crippen LogP contribution in [0.4, 0.5) is 4.39 Å². The molecule has 0 aliphatic heterocycles. The van der Waals surface area contributed by atoms with Gasteiger partial charge in [0, 0.05) is 5.56 Å². The first-order valence-corrected chi connectivity index (χ1v) is 6.24. The van der Waals surface area contributed by atoms with Gasteiger partial charge in [-0.2, -0.15) is 0 Å². The maximum Gasteiger partial charge on any atom is 0.314 e. The summed E-state index contributed by atoms with van der Waals surface area (Å²) in [6.45, 7) is 0. The number of hydrogen-bond donors (Lipinski definition) is 2. The Labute approximate surface area is 105 Å². The van der Waals surface area contributed by atoms with Gasteiger partial charge in [-0.3, -0.25) is 4.79 Å². The van der Waals surface area contributed by atoms with Crippen molar-refractivity contribution >= 4 is 5.97 Å². The molecule has 18 heavy (non-hydrogen) atoms. The van der Waals surface area contributed by atoms with Gasteiger partial charge in [-0.25, -0.2) is 4.39 Å². The Kier molecular flexibility index (Phi) is 3.66. The van der Waals surface area contributed by atoms with Crippen LogP contribution in [0.25, 0.3) is 0 Å². The van der Waals surface area contributed by atoms with E-state index in [1.54, 1.807) is 6.07 Å². The van der Waals surface area contributed by atoms with Crippen molar-refractivity contribution in [1.82, 2.24) is 0 Å². The van der Waals surface area contributed by atoms with Crippen molar-refractivity contribution in [3.63, 3.8) is 0 Å². The number of rotatable bonds is 3. The van der Waals surface area contributed by atoms with Crippen molar-refractivity contribution in [2.75, 3.05) is 0 Å². The summed E-state index contributed by atoms with van der Waals surface area (Å²) in [4.78, 5) is 11.4. The van der Waals surface area contributed by atoms with Gasteiger partial charge in [-0.05, 0) is 18.9 Å². The number of hydrogen-bond acceptors (Lipinski definition) is 2. The normalized spacial score (nSPS) is 20.3. The molecule has 0 heterocycles. The lowest BCUT2D eigenvalue weighted by Crippen LogP contribution is -2.42. The Morgan fingerprint density at radius 2 is 1.83 bits per heavy atom. The van der Waals surface area contributed by atoms with Gasteiger partial charge in [0.25, 0.3) is 0 Å². The highest BCUT2D eigenvalue weighted by atomic mass is 19.1. The second kappa shape index (κ2) is 5.06. The van der Waals surface area contributed by atoms with Crippen molar-refractivity contribution < 1.29 is 19.4 Å². The van der Waals surface area contributed by atoms with Crippen molar-refractivity contribution in [3.8, 4) is 0 Å². The molecule has 0 spiro atoms. The first kappa shape index (κ1) is 13.0. The van der Waals surface area contributed by atoms with Crippen LogP contribution in [0.3, 0.4) is 0 Å². The number of carbonyl (C=O) groups is 1. The molecule has 1 aromatic rings. The van der Waals surface area contributed by atoms with Crippen LogP contribution < -0.4 is 0 Å². The molecule has 1 aliphatic carbocycles. The highest BCUT2D eigenvalue weighted by Gasteiger charge is 2.44. The molecule has 1 aliphatic rings. The molecule has 1 fully saturated rings. The lowest BCUT2D eigenvalue weighted by atomic mass is 9.72. The van der Waals surface area contributed by atoms with Crippen molar-refractivity contribution in [3.05, 3.63) is 35.6 Å². The zero-order chi connectivity index (χ0) is 13.2. The summed E-state index contributed by atoms with van der Waals surface area (Å²) in [7, 11) is 0. The average Bonchev–Trinajstić information content (AvgIpc) is 2.32. The van der Waals surface area contributed by atoms with Crippen LogP contribution in [0.2, 0.25) is 0 Å². The van der Waals surface area contributed by atoms with Gasteiger partial charge in [0.05, 0.1) is 5.60 Å². The zero-order valence-corrected chi connectivity index (χ0v) is 10.1. The van der Waals surface area contributed by atoms with E-state index in [1.807, 2.05) is 0 Å². The van der Waals surface area contributed by atoms with Crippen molar-refractivity contribution in [1.29, 1.82) is 0 Å². The molecule has 1 saturated carbocycles. The highest BCUT2D eigenvalue weighted by Crippen LogP contribution is 2.40. The number of carboxylic acid groups (broad SMARTS) is 1. The van der Waals surface area contributed by atoms with Crippen LogP contribution in [0.15, 0.2) is 24.3 Å². The van der Waals surface area contributed by atoms with E-state index in [0.717, 1.165) is 19.3 Å². The Morgan fingerprint density at radius 3 is 2.39 bits per heavy atom. The number of carboxylic acids is 1. The van der Waals surface area contributed by atoms with Crippen molar-refractivity contribution in [2.24, 2.45) is 0 Å². The molecule has 0 saturated heterocycles. The van der Waals surface area contributed by atoms with Crippen LogP contribution in [-0.2, 0) is 4.79 Å². The van der Waals surface area contributed by atoms with Crippen molar-refractivity contribution in [2.45, 2.75) is 43.6 Å². The average molecular weight is 252 g/mol. The fourth-order valence-corrected chi connectivity index (χ4v) is 2.81. The molecular weight excluding hydrogens is 235 g/mol.